The molecule has 0 spiro atoms. The van der Waals surface area contributed by atoms with Crippen LogP contribution in [0.3, 0.4) is 0 Å². The summed E-state index contributed by atoms with van der Waals surface area (Å²) in [6.45, 7) is 9.53. The van der Waals surface area contributed by atoms with Crippen LogP contribution in [0.25, 0.3) is 6.08 Å². The number of carbonyl (C=O) groups is 3. The number of fused-ring (bicyclic) bond motifs is 1. The summed E-state index contributed by atoms with van der Waals surface area (Å²) in [6.07, 6.45) is 2.53. The fraction of sp³-hybridized carbons (Fsp3) is 0.370. The lowest BCUT2D eigenvalue weighted by atomic mass is 9.96. The summed E-state index contributed by atoms with van der Waals surface area (Å²) in [6, 6.07) is 12.1. The molecule has 2 heterocycles. The molecule has 7 heteroatoms. The van der Waals surface area contributed by atoms with Crippen LogP contribution in [0.1, 0.15) is 54.5 Å². The number of thioether (sulfide) groups is 1. The van der Waals surface area contributed by atoms with Gasteiger partial charge in [0.2, 0.25) is 5.91 Å². The number of rotatable bonds is 6. The molecule has 3 amide bonds. The van der Waals surface area contributed by atoms with Gasteiger partial charge in [-0.1, -0.05) is 38.1 Å². The number of nitrogens with zero attached hydrogens (tertiary/aromatic N) is 2. The normalized spacial score (nSPS) is 17.0. The molecule has 1 saturated heterocycles. The Morgan fingerprint density at radius 1 is 1.18 bits per heavy atom. The molecule has 34 heavy (non-hydrogen) atoms. The number of imide groups is 1. The van der Waals surface area contributed by atoms with Gasteiger partial charge in [0.05, 0.1) is 11.5 Å². The summed E-state index contributed by atoms with van der Waals surface area (Å²) in [5.41, 5.74) is 5.24. The Labute approximate surface area is 205 Å². The van der Waals surface area contributed by atoms with Crippen molar-refractivity contribution in [2.24, 2.45) is 0 Å². The molecule has 178 valence electrons. The Kier molecular flexibility index (Phi) is 7.12. The molecule has 0 N–H and O–H groups in total. The van der Waals surface area contributed by atoms with Gasteiger partial charge in [-0.05, 0) is 84.0 Å². The second-order valence-corrected chi connectivity index (χ2v) is 9.93. The Bertz CT molecular complexity index is 1170. The van der Waals surface area contributed by atoms with Crippen LogP contribution in [-0.4, -0.2) is 46.5 Å². The highest BCUT2D eigenvalue weighted by molar-refractivity contribution is 8.18. The molecule has 6 nitrogen and oxygen atoms in total. The summed E-state index contributed by atoms with van der Waals surface area (Å²) in [4.78, 5) is 41.7. The minimum atomic E-state index is -0.417. The largest absolute Gasteiger partial charge is 0.494 e. The van der Waals surface area contributed by atoms with E-state index in [-0.39, 0.29) is 18.4 Å². The second kappa shape index (κ2) is 10.1. The van der Waals surface area contributed by atoms with Crippen molar-refractivity contribution in [2.75, 3.05) is 19.7 Å². The zero-order valence-electron chi connectivity index (χ0n) is 20.1. The monoisotopic (exact) mass is 478 g/mol. The van der Waals surface area contributed by atoms with E-state index in [4.69, 9.17) is 4.74 Å². The van der Waals surface area contributed by atoms with Crippen molar-refractivity contribution in [3.8, 4) is 5.75 Å². The first-order valence-electron chi connectivity index (χ1n) is 11.7. The molecule has 2 aliphatic heterocycles. The van der Waals surface area contributed by atoms with E-state index in [0.29, 0.717) is 24.6 Å². The third-order valence-electron chi connectivity index (χ3n) is 6.26. The lowest BCUT2D eigenvalue weighted by molar-refractivity contribution is -0.136. The number of ether oxygens (including phenoxy) is 1. The van der Waals surface area contributed by atoms with Crippen LogP contribution in [0, 0.1) is 6.92 Å². The maximum absolute atomic E-state index is 13.1. The first-order chi connectivity index (χ1) is 16.3. The van der Waals surface area contributed by atoms with Crippen molar-refractivity contribution in [3.63, 3.8) is 0 Å². The van der Waals surface area contributed by atoms with Gasteiger partial charge in [0, 0.05) is 13.1 Å². The van der Waals surface area contributed by atoms with Gasteiger partial charge in [0.15, 0.2) is 0 Å². The average Bonchev–Trinajstić information content (AvgIpc) is 3.07. The molecular weight excluding hydrogens is 448 g/mol. The van der Waals surface area contributed by atoms with E-state index in [1.54, 1.807) is 11.0 Å². The second-order valence-electron chi connectivity index (χ2n) is 8.94. The summed E-state index contributed by atoms with van der Waals surface area (Å²) < 4.78 is 5.79. The van der Waals surface area contributed by atoms with Gasteiger partial charge in [0.1, 0.15) is 12.3 Å². The van der Waals surface area contributed by atoms with Crippen molar-refractivity contribution in [1.82, 2.24) is 9.80 Å². The number of amides is 3. The van der Waals surface area contributed by atoms with E-state index in [2.05, 4.69) is 19.9 Å². The van der Waals surface area contributed by atoms with Crippen molar-refractivity contribution >= 4 is 34.9 Å². The molecule has 0 aromatic heterocycles. The smallest absolute Gasteiger partial charge is 0.294 e. The number of hydrogen-bond acceptors (Lipinski definition) is 5. The molecule has 2 aromatic carbocycles. The maximum Gasteiger partial charge on any atom is 0.294 e. The van der Waals surface area contributed by atoms with Gasteiger partial charge in [-0.2, -0.15) is 0 Å². The average molecular weight is 479 g/mol. The predicted molar refractivity (Wildman–Crippen MR) is 135 cm³/mol. The molecule has 2 aliphatic rings. The van der Waals surface area contributed by atoms with Gasteiger partial charge < -0.3 is 9.64 Å². The first kappa shape index (κ1) is 24.1. The summed E-state index contributed by atoms with van der Waals surface area (Å²) in [7, 11) is 0. The lowest BCUT2D eigenvalue weighted by Gasteiger charge is -2.29. The number of hydrogen-bond donors (Lipinski definition) is 0. The van der Waals surface area contributed by atoms with E-state index in [1.165, 1.54) is 5.56 Å². The minimum absolute atomic E-state index is 0.211. The van der Waals surface area contributed by atoms with Crippen molar-refractivity contribution in [1.29, 1.82) is 0 Å². The fourth-order valence-corrected chi connectivity index (χ4v) is 5.15. The van der Waals surface area contributed by atoms with Crippen molar-refractivity contribution < 1.29 is 19.1 Å². The molecule has 0 radical (unpaired) electrons. The molecule has 0 aliphatic carbocycles. The van der Waals surface area contributed by atoms with E-state index >= 15 is 0 Å². The van der Waals surface area contributed by atoms with Gasteiger partial charge in [0.25, 0.3) is 11.1 Å². The maximum atomic E-state index is 13.1. The third kappa shape index (κ3) is 4.89. The highest BCUT2D eigenvalue weighted by Gasteiger charge is 2.37. The van der Waals surface area contributed by atoms with Crippen LogP contribution in [0.4, 0.5) is 4.79 Å². The Morgan fingerprint density at radius 2 is 1.91 bits per heavy atom. The first-order valence-corrected chi connectivity index (χ1v) is 12.5. The summed E-state index contributed by atoms with van der Waals surface area (Å²) >= 11 is 0.888. The zero-order valence-corrected chi connectivity index (χ0v) is 20.9. The quantitative estimate of drug-likeness (QED) is 0.538. The molecule has 4 rings (SSSR count). The van der Waals surface area contributed by atoms with Crippen molar-refractivity contribution in [3.05, 3.63) is 69.1 Å². The Morgan fingerprint density at radius 3 is 2.62 bits per heavy atom. The fourth-order valence-electron chi connectivity index (χ4n) is 4.32. The van der Waals surface area contributed by atoms with Crippen molar-refractivity contribution in [2.45, 2.75) is 46.6 Å². The van der Waals surface area contributed by atoms with E-state index in [9.17, 15) is 14.4 Å². The van der Waals surface area contributed by atoms with Crippen LogP contribution >= 0.6 is 11.8 Å². The summed E-state index contributed by atoms with van der Waals surface area (Å²) in [5, 5.41) is -0.408. The molecule has 0 unspecified atom stereocenters. The standard InChI is InChI=1S/C27H30N2O4S/c1-5-33-23-12-18(4)21(13-22(23)17(2)3)14-24-26(31)29(27(32)34-24)16-25(30)28-11-10-19-8-6-7-9-20(19)15-28/h6-9,12-14,17H,5,10-11,15-16H2,1-4H3/b24-14-. The third-order valence-corrected chi connectivity index (χ3v) is 7.16. The highest BCUT2D eigenvalue weighted by Crippen LogP contribution is 2.35. The number of carbonyl (C=O) groups excluding carboxylic acids is 3. The number of aryl methyl sites for hydroxylation is 1. The van der Waals surface area contributed by atoms with E-state index in [1.807, 2.05) is 44.2 Å². The van der Waals surface area contributed by atoms with Crippen LogP contribution in [0.5, 0.6) is 5.75 Å². The molecule has 1 fully saturated rings. The minimum Gasteiger partial charge on any atom is -0.494 e. The molecule has 0 bridgehead atoms. The Hall–Kier alpha value is -3.06. The van der Waals surface area contributed by atoms with Gasteiger partial charge in [-0.3, -0.25) is 19.3 Å². The molecular formula is C27H30N2O4S. The van der Waals surface area contributed by atoms with Gasteiger partial charge >= 0.3 is 0 Å². The predicted octanol–water partition coefficient (Wildman–Crippen LogP) is 5.14. The lowest BCUT2D eigenvalue weighted by Crippen LogP contribution is -2.44. The molecule has 0 atom stereocenters. The SMILES string of the molecule is CCOc1cc(C)c(/C=C2\SC(=O)N(CC(=O)N3CCc4ccccc4C3)C2=O)cc1C(C)C. The zero-order chi connectivity index (χ0) is 24.4. The van der Waals surface area contributed by atoms with Gasteiger partial charge in [-0.25, -0.2) is 0 Å². The Balaban J connectivity index is 1.51. The van der Waals surface area contributed by atoms with Crippen LogP contribution in [-0.2, 0) is 22.6 Å². The van der Waals surface area contributed by atoms with Gasteiger partial charge in [-0.15, -0.1) is 0 Å². The van der Waals surface area contributed by atoms with Crippen LogP contribution < -0.4 is 4.74 Å². The number of benzene rings is 2. The van der Waals surface area contributed by atoms with E-state index in [0.717, 1.165) is 51.1 Å². The van der Waals surface area contributed by atoms with Crippen LogP contribution in [0.15, 0.2) is 41.3 Å². The topological polar surface area (TPSA) is 66.9 Å². The molecule has 2 aromatic rings. The molecule has 0 saturated carbocycles. The summed E-state index contributed by atoms with van der Waals surface area (Å²) in [5.74, 6) is 0.461. The highest BCUT2D eigenvalue weighted by atomic mass is 32.2. The van der Waals surface area contributed by atoms with E-state index < -0.39 is 11.1 Å². The van der Waals surface area contributed by atoms with Crippen LogP contribution in [0.2, 0.25) is 0 Å².